The van der Waals surface area contributed by atoms with Gasteiger partial charge in [-0.25, -0.2) is 0 Å². The molecule has 6 rings (SSSR count). The van der Waals surface area contributed by atoms with Gasteiger partial charge in [-0.15, -0.1) is 11.8 Å². The third-order valence-electron chi connectivity index (χ3n) is 7.89. The quantitative estimate of drug-likeness (QED) is 0.166. The van der Waals surface area contributed by atoms with Crippen LogP contribution in [-0.4, -0.2) is 12.3 Å². The van der Waals surface area contributed by atoms with Crippen LogP contribution in [0.3, 0.4) is 0 Å². The lowest BCUT2D eigenvalue weighted by atomic mass is 9.81. The Balaban J connectivity index is 1.46. The van der Waals surface area contributed by atoms with E-state index in [1.54, 1.807) is 11.8 Å². The van der Waals surface area contributed by atoms with E-state index >= 15 is 0 Å². The van der Waals surface area contributed by atoms with Crippen molar-refractivity contribution >= 4 is 52.0 Å². The summed E-state index contributed by atoms with van der Waals surface area (Å²) in [5.41, 5.74) is 7.89. The number of likely N-dealkylation sites (N-methyl/N-ethyl adjacent to an activating group) is 1. The summed E-state index contributed by atoms with van der Waals surface area (Å²) in [5.74, 6) is 1.47. The van der Waals surface area contributed by atoms with E-state index in [1.165, 1.54) is 11.3 Å². The van der Waals surface area contributed by atoms with Crippen LogP contribution < -0.4 is 9.47 Å². The predicted octanol–water partition coefficient (Wildman–Crippen LogP) is 8.25. The smallest absolute Gasteiger partial charge is 0.374 e. The first-order valence-corrected chi connectivity index (χ1v) is 15.1. The molecule has 3 aromatic carbocycles. The minimum absolute atomic E-state index is 0.0528. The number of Topliss-reactive ketones (excluding diaryl/α,β-unsaturated/α-hetero) is 1. The number of ketones is 1. The molecule has 4 nitrogen and oxygen atoms in total. The highest BCUT2D eigenvalue weighted by molar-refractivity contribution is 8.02. The monoisotopic (exact) mass is 567 g/mol. The number of nitrogens with zero attached hydrogens (tertiary/aromatic N) is 2. The van der Waals surface area contributed by atoms with E-state index < -0.39 is 0 Å². The fourth-order valence-corrected chi connectivity index (χ4v) is 7.02. The number of allylic oxidation sites excluding steroid dienone is 4. The van der Waals surface area contributed by atoms with Gasteiger partial charge in [0.25, 0.3) is 5.52 Å². The standard InChI is InChI=1S/C34H32ClN2O2S/c1-5-36-27-12-8-7-11-26(27)34(3,4)30(36)19-24-32(38)25(33(24)40-21-22-15-17-23(35)18-16-22)20-31-37(6-2)28-13-9-10-14-29(28)39-31/h7-20H,5-6,21H2,1-4H3/q+1. The number of halogens is 1. The van der Waals surface area contributed by atoms with Crippen molar-refractivity contribution in [3.05, 3.63) is 123 Å². The highest BCUT2D eigenvalue weighted by atomic mass is 35.5. The molecule has 0 fully saturated rings. The largest absolute Gasteiger partial charge is 0.398 e. The summed E-state index contributed by atoms with van der Waals surface area (Å²) in [6.45, 7) is 10.3. The maximum absolute atomic E-state index is 13.8. The van der Waals surface area contributed by atoms with E-state index in [-0.39, 0.29) is 11.2 Å². The lowest BCUT2D eigenvalue weighted by molar-refractivity contribution is -0.674. The van der Waals surface area contributed by atoms with Crippen LogP contribution in [-0.2, 0) is 22.5 Å². The first kappa shape index (κ1) is 26.7. The van der Waals surface area contributed by atoms with Crippen molar-refractivity contribution in [3.8, 4) is 0 Å². The number of hydrogen-bond donors (Lipinski definition) is 0. The van der Waals surface area contributed by atoms with Crippen LogP contribution in [0.25, 0.3) is 17.2 Å². The molecule has 2 aliphatic rings. The van der Waals surface area contributed by atoms with Gasteiger partial charge in [-0.1, -0.05) is 67.9 Å². The normalized spacial score (nSPS) is 18.2. The lowest BCUT2D eigenvalue weighted by Gasteiger charge is -2.29. The zero-order valence-corrected chi connectivity index (χ0v) is 24.8. The van der Waals surface area contributed by atoms with Crippen molar-refractivity contribution in [2.45, 2.75) is 45.4 Å². The summed E-state index contributed by atoms with van der Waals surface area (Å²) in [5, 5.41) is 0.717. The Kier molecular flexibility index (Phi) is 6.97. The summed E-state index contributed by atoms with van der Waals surface area (Å²) in [7, 11) is 0. The van der Waals surface area contributed by atoms with Crippen molar-refractivity contribution < 1.29 is 13.8 Å². The van der Waals surface area contributed by atoms with Gasteiger partial charge in [-0.2, -0.15) is 4.57 Å². The molecule has 0 saturated carbocycles. The van der Waals surface area contributed by atoms with E-state index in [0.717, 1.165) is 56.7 Å². The molecule has 0 bridgehead atoms. The second-order valence-electron chi connectivity index (χ2n) is 10.6. The van der Waals surface area contributed by atoms with Crippen molar-refractivity contribution in [2.24, 2.45) is 0 Å². The van der Waals surface area contributed by atoms with Crippen molar-refractivity contribution in [1.82, 2.24) is 0 Å². The van der Waals surface area contributed by atoms with Crippen molar-refractivity contribution in [1.29, 1.82) is 0 Å². The molecule has 0 amide bonds. The highest BCUT2D eigenvalue weighted by Crippen LogP contribution is 2.50. The number of oxazole rings is 1. The fraction of sp³-hybridized carbons (Fsp3) is 0.235. The SMILES string of the molecule is CCN1C(=CC2=C(SCc3ccc(Cl)cc3)C(=Cc3oc4ccccc4[n+]3CC)C2=O)C(C)(C)c2ccccc21. The molecule has 40 heavy (non-hydrogen) atoms. The molecule has 1 aromatic heterocycles. The maximum atomic E-state index is 13.8. The van der Waals surface area contributed by atoms with Crippen LogP contribution >= 0.6 is 23.4 Å². The highest BCUT2D eigenvalue weighted by Gasteiger charge is 2.42. The molecule has 1 aliphatic carbocycles. The Morgan fingerprint density at radius 1 is 0.975 bits per heavy atom. The van der Waals surface area contributed by atoms with Gasteiger partial charge in [0.1, 0.15) is 6.54 Å². The Hall–Kier alpha value is -3.54. The number of anilines is 1. The first-order chi connectivity index (χ1) is 19.3. The third kappa shape index (κ3) is 4.42. The van der Waals surface area contributed by atoms with Crippen LogP contribution in [0.1, 0.15) is 44.7 Å². The number of aryl methyl sites for hydroxylation is 1. The minimum atomic E-state index is -0.213. The van der Waals surface area contributed by atoms with Gasteiger partial charge < -0.3 is 9.32 Å². The summed E-state index contributed by atoms with van der Waals surface area (Å²) >= 11 is 7.81. The Bertz CT molecular complexity index is 1730. The molecule has 0 spiro atoms. The topological polar surface area (TPSA) is 37.3 Å². The number of thioether (sulfide) groups is 1. The molecular weight excluding hydrogens is 536 g/mol. The number of aromatic nitrogens is 1. The van der Waals surface area contributed by atoms with E-state index in [1.807, 2.05) is 54.6 Å². The van der Waals surface area contributed by atoms with Gasteiger partial charge in [0.05, 0.1) is 6.08 Å². The zero-order chi connectivity index (χ0) is 28.0. The van der Waals surface area contributed by atoms with E-state index in [4.69, 9.17) is 16.0 Å². The molecule has 6 heteroatoms. The van der Waals surface area contributed by atoms with Gasteiger partial charge in [0.2, 0.25) is 5.58 Å². The van der Waals surface area contributed by atoms with Crippen LogP contribution in [0.5, 0.6) is 0 Å². The molecule has 0 unspecified atom stereocenters. The third-order valence-corrected chi connectivity index (χ3v) is 9.35. The van der Waals surface area contributed by atoms with Gasteiger partial charge in [-0.05, 0) is 55.3 Å². The molecule has 0 saturated heterocycles. The second-order valence-corrected chi connectivity index (χ2v) is 12.0. The van der Waals surface area contributed by atoms with Gasteiger partial charge in [0.15, 0.2) is 5.78 Å². The molecule has 1 aliphatic heterocycles. The first-order valence-electron chi connectivity index (χ1n) is 13.7. The van der Waals surface area contributed by atoms with Crippen molar-refractivity contribution in [2.75, 3.05) is 11.4 Å². The lowest BCUT2D eigenvalue weighted by Crippen LogP contribution is -2.34. The number of fused-ring (bicyclic) bond motifs is 2. The van der Waals surface area contributed by atoms with Gasteiger partial charge >= 0.3 is 5.89 Å². The Morgan fingerprint density at radius 2 is 1.70 bits per heavy atom. The molecule has 2 heterocycles. The summed E-state index contributed by atoms with van der Waals surface area (Å²) in [6, 6.07) is 24.4. The minimum Gasteiger partial charge on any atom is -0.398 e. The molecule has 4 aromatic rings. The molecule has 0 radical (unpaired) electrons. The number of para-hydroxylation sites is 3. The van der Waals surface area contributed by atoms with Crippen LogP contribution in [0.15, 0.2) is 105 Å². The average Bonchev–Trinajstić information content (AvgIpc) is 3.43. The van der Waals surface area contributed by atoms with E-state index in [9.17, 15) is 4.79 Å². The molecular formula is C34H32ClN2O2S+. The number of carbonyl (C=O) groups excluding carboxylic acids is 1. The summed E-state index contributed by atoms with van der Waals surface area (Å²) in [6.07, 6.45) is 4.05. The number of benzene rings is 3. The molecule has 0 atom stereocenters. The van der Waals surface area contributed by atoms with Crippen LogP contribution in [0.4, 0.5) is 5.69 Å². The second kappa shape index (κ2) is 10.5. The number of rotatable bonds is 7. The summed E-state index contributed by atoms with van der Waals surface area (Å²) in [4.78, 5) is 17.2. The van der Waals surface area contributed by atoms with Crippen LogP contribution in [0.2, 0.25) is 5.02 Å². The number of hydrogen-bond acceptors (Lipinski definition) is 4. The molecule has 202 valence electrons. The Morgan fingerprint density at radius 3 is 2.45 bits per heavy atom. The van der Waals surface area contributed by atoms with Gasteiger partial charge in [0, 0.05) is 56.2 Å². The summed E-state index contributed by atoms with van der Waals surface area (Å²) < 4.78 is 8.33. The predicted molar refractivity (Wildman–Crippen MR) is 165 cm³/mol. The zero-order valence-electron chi connectivity index (χ0n) is 23.2. The Labute approximate surface area is 244 Å². The number of carbonyl (C=O) groups is 1. The van der Waals surface area contributed by atoms with Crippen LogP contribution in [0, 0.1) is 0 Å². The van der Waals surface area contributed by atoms with E-state index in [2.05, 4.69) is 67.5 Å². The van der Waals surface area contributed by atoms with Gasteiger partial charge in [-0.3, -0.25) is 4.79 Å². The van der Waals surface area contributed by atoms with Crippen molar-refractivity contribution in [3.63, 3.8) is 0 Å². The average molecular weight is 568 g/mol. The molecule has 0 N–H and O–H groups in total. The maximum Gasteiger partial charge on any atom is 0.374 e. The fourth-order valence-electron chi connectivity index (χ4n) is 5.78. The van der Waals surface area contributed by atoms with E-state index in [0.29, 0.717) is 11.5 Å².